The van der Waals surface area contributed by atoms with Crippen LogP contribution in [0.3, 0.4) is 0 Å². The summed E-state index contributed by atoms with van der Waals surface area (Å²) in [7, 11) is 0. The summed E-state index contributed by atoms with van der Waals surface area (Å²) in [4.78, 5) is 0. The van der Waals surface area contributed by atoms with Crippen molar-refractivity contribution >= 4 is 33.2 Å². The zero-order chi connectivity index (χ0) is 46.1. The second-order valence-corrected chi connectivity index (χ2v) is 18.4. The molecule has 68 heavy (non-hydrogen) atoms. The van der Waals surface area contributed by atoms with Crippen LogP contribution in [0.1, 0.15) is 80.2 Å². The molecular formula is C68H60. The van der Waals surface area contributed by atoms with Crippen LogP contribution in [-0.4, -0.2) is 0 Å². The molecule has 10 rings (SSSR count). The van der Waals surface area contributed by atoms with Crippen LogP contribution >= 0.6 is 0 Å². The standard InChI is InChI=1S/C68H60/c1-3-5-10-21-49-33-39-52(40-34-49)58-46-59(53-41-35-50(36-42-53)22-11-6-4-2)48-60(47-58)66-62-29-18-19-30-63(62)67(68-61(31-20-32-64(66)68)54-23-12-7-13-24-54)57-43-37-51(38-44-57)45-65(55-25-14-8-15-26-55)56-27-16-9-17-28-56/h7-9,12-20,23-48H,3-6,10-11,21-22H2,1-2H3. The van der Waals surface area contributed by atoms with Crippen molar-refractivity contribution < 1.29 is 0 Å². The van der Waals surface area contributed by atoms with Gasteiger partial charge in [-0.25, -0.2) is 0 Å². The Kier molecular flexibility index (Phi) is 13.7. The molecule has 0 saturated heterocycles. The van der Waals surface area contributed by atoms with Crippen LogP contribution < -0.4 is 0 Å². The Morgan fingerprint density at radius 2 is 0.794 bits per heavy atom. The van der Waals surface area contributed by atoms with Crippen molar-refractivity contribution in [1.29, 1.82) is 0 Å². The number of rotatable bonds is 16. The number of hydrogen-bond donors (Lipinski definition) is 0. The fourth-order valence-corrected chi connectivity index (χ4v) is 10.2. The minimum Gasteiger partial charge on any atom is -0.0654 e. The molecular weight excluding hydrogens is 817 g/mol. The number of hydrogen-bond acceptors (Lipinski definition) is 0. The van der Waals surface area contributed by atoms with E-state index < -0.39 is 0 Å². The lowest BCUT2D eigenvalue weighted by molar-refractivity contribution is 0.717. The van der Waals surface area contributed by atoms with Crippen molar-refractivity contribution in [2.24, 2.45) is 0 Å². The van der Waals surface area contributed by atoms with Gasteiger partial charge in [0.2, 0.25) is 0 Å². The summed E-state index contributed by atoms with van der Waals surface area (Å²) in [6.45, 7) is 4.56. The topological polar surface area (TPSA) is 0 Å². The molecule has 0 aliphatic rings. The fourth-order valence-electron chi connectivity index (χ4n) is 10.2. The van der Waals surface area contributed by atoms with E-state index in [4.69, 9.17) is 0 Å². The summed E-state index contributed by atoms with van der Waals surface area (Å²) in [6.07, 6.45) is 12.0. The van der Waals surface area contributed by atoms with Gasteiger partial charge in [0.15, 0.2) is 0 Å². The number of benzene rings is 10. The molecule has 0 aliphatic heterocycles. The fraction of sp³-hybridized carbons (Fsp3) is 0.147. The van der Waals surface area contributed by atoms with Gasteiger partial charge in [-0.3, -0.25) is 0 Å². The molecule has 0 N–H and O–H groups in total. The lowest BCUT2D eigenvalue weighted by Gasteiger charge is -2.21. The molecule has 0 heterocycles. The molecule has 0 spiro atoms. The molecule has 0 radical (unpaired) electrons. The first kappa shape index (κ1) is 44.3. The molecule has 0 aliphatic carbocycles. The molecule has 0 bridgehead atoms. The molecule has 0 atom stereocenters. The van der Waals surface area contributed by atoms with Crippen LogP contribution in [-0.2, 0) is 12.8 Å². The zero-order valence-corrected chi connectivity index (χ0v) is 39.6. The van der Waals surface area contributed by atoms with Crippen LogP contribution in [0, 0.1) is 0 Å². The molecule has 332 valence electrons. The van der Waals surface area contributed by atoms with E-state index in [2.05, 4.69) is 244 Å². The highest BCUT2D eigenvalue weighted by atomic mass is 14.2. The Morgan fingerprint density at radius 1 is 0.338 bits per heavy atom. The average molecular weight is 877 g/mol. The van der Waals surface area contributed by atoms with Gasteiger partial charge in [0.25, 0.3) is 0 Å². The second kappa shape index (κ2) is 21.0. The van der Waals surface area contributed by atoms with Gasteiger partial charge in [0, 0.05) is 0 Å². The maximum absolute atomic E-state index is 2.45. The van der Waals surface area contributed by atoms with Gasteiger partial charge < -0.3 is 0 Å². The summed E-state index contributed by atoms with van der Waals surface area (Å²) in [5, 5.41) is 5.01. The lowest BCUT2D eigenvalue weighted by Crippen LogP contribution is -1.94. The summed E-state index contributed by atoms with van der Waals surface area (Å²) >= 11 is 0. The molecule has 10 aromatic rings. The molecule has 0 nitrogen and oxygen atoms in total. The van der Waals surface area contributed by atoms with Crippen molar-refractivity contribution in [1.82, 2.24) is 0 Å². The van der Waals surface area contributed by atoms with Crippen LogP contribution in [0.25, 0.3) is 88.8 Å². The monoisotopic (exact) mass is 876 g/mol. The Balaban J connectivity index is 1.17. The van der Waals surface area contributed by atoms with Crippen LogP contribution in [0.15, 0.2) is 224 Å². The molecule has 0 aromatic heterocycles. The number of aryl methyl sites for hydroxylation is 2. The third-order valence-electron chi connectivity index (χ3n) is 13.7. The van der Waals surface area contributed by atoms with E-state index in [-0.39, 0.29) is 0 Å². The van der Waals surface area contributed by atoms with Gasteiger partial charge in [0.1, 0.15) is 0 Å². The van der Waals surface area contributed by atoms with Crippen LogP contribution in [0.2, 0.25) is 0 Å². The normalized spacial score (nSPS) is 11.3. The van der Waals surface area contributed by atoms with E-state index in [1.54, 1.807) is 0 Å². The zero-order valence-electron chi connectivity index (χ0n) is 39.6. The third-order valence-corrected chi connectivity index (χ3v) is 13.7. The van der Waals surface area contributed by atoms with Crippen molar-refractivity contribution in [2.45, 2.75) is 65.2 Å². The van der Waals surface area contributed by atoms with Crippen molar-refractivity contribution in [3.05, 3.63) is 252 Å². The van der Waals surface area contributed by atoms with Gasteiger partial charge in [-0.05, 0) is 161 Å². The van der Waals surface area contributed by atoms with Crippen LogP contribution in [0.5, 0.6) is 0 Å². The number of unbranched alkanes of at least 4 members (excludes halogenated alkanes) is 4. The minimum atomic E-state index is 1.12. The highest BCUT2D eigenvalue weighted by molar-refractivity contribution is 6.25. The Morgan fingerprint density at radius 3 is 1.32 bits per heavy atom. The Hall–Kier alpha value is -7.54. The largest absolute Gasteiger partial charge is 0.0654 e. The highest BCUT2D eigenvalue weighted by Gasteiger charge is 2.21. The molecule has 0 saturated carbocycles. The Labute approximate surface area is 404 Å². The molecule has 0 unspecified atom stereocenters. The summed E-state index contributed by atoms with van der Waals surface area (Å²) in [6, 6.07) is 83.8. The summed E-state index contributed by atoms with van der Waals surface area (Å²) < 4.78 is 0. The lowest BCUT2D eigenvalue weighted by atomic mass is 9.82. The molecule has 0 fully saturated rings. The Bertz CT molecular complexity index is 3170. The van der Waals surface area contributed by atoms with E-state index in [1.807, 2.05) is 0 Å². The average Bonchev–Trinajstić information content (AvgIpc) is 3.40. The quantitative estimate of drug-likeness (QED) is 0.0515. The third kappa shape index (κ3) is 9.65. The molecule has 0 heteroatoms. The maximum Gasteiger partial charge on any atom is -0.00141 e. The first-order valence-corrected chi connectivity index (χ1v) is 24.9. The van der Waals surface area contributed by atoms with E-state index in [9.17, 15) is 0 Å². The predicted octanol–water partition coefficient (Wildman–Crippen LogP) is 19.4. The first-order valence-electron chi connectivity index (χ1n) is 24.9. The van der Waals surface area contributed by atoms with Gasteiger partial charge in [0.05, 0.1) is 0 Å². The van der Waals surface area contributed by atoms with E-state index in [0.29, 0.717) is 0 Å². The van der Waals surface area contributed by atoms with Crippen molar-refractivity contribution in [2.75, 3.05) is 0 Å². The molecule has 0 amide bonds. The van der Waals surface area contributed by atoms with E-state index in [0.717, 1.165) is 18.4 Å². The first-order chi connectivity index (χ1) is 33.6. The van der Waals surface area contributed by atoms with Gasteiger partial charge >= 0.3 is 0 Å². The molecule has 10 aromatic carbocycles. The summed E-state index contributed by atoms with van der Waals surface area (Å²) in [5.74, 6) is 0. The van der Waals surface area contributed by atoms with Crippen molar-refractivity contribution in [3.63, 3.8) is 0 Å². The second-order valence-electron chi connectivity index (χ2n) is 18.4. The maximum atomic E-state index is 2.45. The van der Waals surface area contributed by atoms with Gasteiger partial charge in [-0.15, -0.1) is 0 Å². The predicted molar refractivity (Wildman–Crippen MR) is 295 cm³/mol. The smallest absolute Gasteiger partial charge is 0.00141 e. The highest BCUT2D eigenvalue weighted by Crippen LogP contribution is 2.48. The number of fused-ring (bicyclic) bond motifs is 2. The summed E-state index contributed by atoms with van der Waals surface area (Å²) in [5.41, 5.74) is 20.0. The van der Waals surface area contributed by atoms with Crippen molar-refractivity contribution in [3.8, 4) is 55.6 Å². The van der Waals surface area contributed by atoms with Crippen LogP contribution in [0.4, 0.5) is 0 Å². The minimum absolute atomic E-state index is 1.12. The SMILES string of the molecule is CCCCCc1ccc(-c2cc(-c3ccc(CCCCC)cc3)cc(-c3c4ccccc4c(-c4ccc(C=C(c5ccccc5)c5ccccc5)cc4)c4c(-c5ccccc5)cccc34)c2)cc1. The van der Waals surface area contributed by atoms with Gasteiger partial charge in [-0.1, -0.05) is 246 Å². The van der Waals surface area contributed by atoms with E-state index >= 15 is 0 Å². The van der Waals surface area contributed by atoms with Gasteiger partial charge in [-0.2, -0.15) is 0 Å². The van der Waals surface area contributed by atoms with E-state index in [1.165, 1.54) is 144 Å².